The van der Waals surface area contributed by atoms with Crippen LogP contribution < -0.4 is 0 Å². The highest BCUT2D eigenvalue weighted by molar-refractivity contribution is 5.70. The molecule has 2 saturated heterocycles. The number of hydrogen-bond donors (Lipinski definition) is 0. The summed E-state index contributed by atoms with van der Waals surface area (Å²) < 4.78 is 21.5. The molecule has 0 bridgehead atoms. The Labute approximate surface area is 110 Å². The molecule has 0 unspecified atom stereocenters. The van der Waals surface area contributed by atoms with Crippen molar-refractivity contribution in [3.05, 3.63) is 10.4 Å². The maximum Gasteiger partial charge on any atom is 0.308 e. The summed E-state index contributed by atoms with van der Waals surface area (Å²) in [5, 5.41) is 3.71. The van der Waals surface area contributed by atoms with Gasteiger partial charge in [-0.05, 0) is 19.4 Å². The van der Waals surface area contributed by atoms with Gasteiger partial charge in [0, 0.05) is 4.91 Å². The number of methoxy groups -OCH3 is 1. The van der Waals surface area contributed by atoms with Crippen LogP contribution in [0.15, 0.2) is 5.11 Å². The van der Waals surface area contributed by atoms with Gasteiger partial charge in [-0.15, -0.1) is 0 Å². The molecule has 19 heavy (non-hydrogen) atoms. The third kappa shape index (κ3) is 2.98. The summed E-state index contributed by atoms with van der Waals surface area (Å²) in [4.78, 5) is 14.2. The highest BCUT2D eigenvalue weighted by atomic mass is 16.7. The Kier molecular flexibility index (Phi) is 3.96. The van der Waals surface area contributed by atoms with Crippen LogP contribution >= 0.6 is 0 Å². The number of esters is 1. The summed E-state index contributed by atoms with van der Waals surface area (Å²) >= 11 is 0. The number of ether oxygens (including phenoxy) is 4. The molecule has 0 spiro atoms. The molecule has 8 heteroatoms. The molecule has 0 N–H and O–H groups in total. The Bertz CT molecular complexity index is 407. The Morgan fingerprint density at radius 2 is 2.32 bits per heavy atom. The van der Waals surface area contributed by atoms with Crippen molar-refractivity contribution in [1.82, 2.24) is 0 Å². The molecule has 2 rings (SSSR count). The molecule has 2 aliphatic rings. The summed E-state index contributed by atoms with van der Waals surface area (Å²) in [7, 11) is 1.30. The molecule has 2 aliphatic heterocycles. The molecule has 8 nitrogen and oxygen atoms in total. The molecule has 2 fully saturated rings. The number of hydrogen-bond acceptors (Lipinski definition) is 6. The molecular formula is C11H17N3O5. The predicted octanol–water partition coefficient (Wildman–Crippen LogP) is 1.15. The number of rotatable bonds is 3. The SMILES string of the molecule is COC(=O)C[C@H]1O[C@@H]2COC(C)(C)O[C@@H]2[C@@H]1N=[N+]=[N-]. The fourth-order valence-electron chi connectivity index (χ4n) is 2.35. The summed E-state index contributed by atoms with van der Waals surface area (Å²) in [6.07, 6.45) is -1.26. The lowest BCUT2D eigenvalue weighted by Crippen LogP contribution is -2.49. The van der Waals surface area contributed by atoms with Crippen molar-refractivity contribution in [2.75, 3.05) is 13.7 Å². The van der Waals surface area contributed by atoms with Crippen LogP contribution in [0, 0.1) is 0 Å². The molecular weight excluding hydrogens is 254 g/mol. The highest BCUT2D eigenvalue weighted by Crippen LogP contribution is 2.36. The minimum Gasteiger partial charge on any atom is -0.469 e. The van der Waals surface area contributed by atoms with Gasteiger partial charge in [-0.3, -0.25) is 4.79 Å². The standard InChI is InChI=1S/C11H17N3O5/c1-11(2)17-5-7-10(19-11)9(13-14-12)6(18-7)4-8(15)16-3/h6-7,9-10H,4-5H2,1-3H3/t6-,7-,9-,10+/m1/s1. The third-order valence-electron chi connectivity index (χ3n) is 3.23. The van der Waals surface area contributed by atoms with E-state index in [0.29, 0.717) is 6.61 Å². The van der Waals surface area contributed by atoms with Gasteiger partial charge in [0.15, 0.2) is 5.79 Å². The average molecular weight is 271 g/mol. The van der Waals surface area contributed by atoms with Gasteiger partial charge in [0.2, 0.25) is 0 Å². The van der Waals surface area contributed by atoms with Gasteiger partial charge < -0.3 is 18.9 Å². The molecule has 0 saturated carbocycles. The predicted molar refractivity (Wildman–Crippen MR) is 63.1 cm³/mol. The van der Waals surface area contributed by atoms with E-state index in [-0.39, 0.29) is 12.5 Å². The van der Waals surface area contributed by atoms with Crippen LogP contribution in [0.25, 0.3) is 10.4 Å². The number of carbonyl (C=O) groups excluding carboxylic acids is 1. The average Bonchev–Trinajstić information content (AvgIpc) is 2.66. The molecule has 0 aromatic rings. The molecule has 0 aromatic carbocycles. The summed E-state index contributed by atoms with van der Waals surface area (Å²) in [5.74, 6) is -1.17. The van der Waals surface area contributed by atoms with E-state index in [1.54, 1.807) is 13.8 Å². The van der Waals surface area contributed by atoms with E-state index in [2.05, 4.69) is 14.8 Å². The lowest BCUT2D eigenvalue weighted by molar-refractivity contribution is -0.294. The second kappa shape index (κ2) is 5.34. The van der Waals surface area contributed by atoms with Gasteiger partial charge in [-0.25, -0.2) is 0 Å². The van der Waals surface area contributed by atoms with Gasteiger partial charge in [0.05, 0.1) is 32.3 Å². The second-order valence-electron chi connectivity index (χ2n) is 4.98. The van der Waals surface area contributed by atoms with Gasteiger partial charge in [0.1, 0.15) is 12.2 Å². The minimum atomic E-state index is -0.756. The molecule has 2 heterocycles. The zero-order chi connectivity index (χ0) is 14.0. The van der Waals surface area contributed by atoms with E-state index < -0.39 is 30.0 Å². The lowest BCUT2D eigenvalue weighted by atomic mass is 10.0. The Hall–Kier alpha value is -1.34. The first kappa shape index (κ1) is 14.1. The van der Waals surface area contributed by atoms with E-state index in [0.717, 1.165) is 0 Å². The monoisotopic (exact) mass is 271 g/mol. The lowest BCUT2D eigenvalue weighted by Gasteiger charge is -2.38. The fraction of sp³-hybridized carbons (Fsp3) is 0.909. The Morgan fingerprint density at radius 1 is 1.58 bits per heavy atom. The van der Waals surface area contributed by atoms with Crippen LogP contribution in [-0.4, -0.2) is 49.8 Å². The number of nitrogens with zero attached hydrogens (tertiary/aromatic N) is 3. The summed E-state index contributed by atoms with van der Waals surface area (Å²) in [6.45, 7) is 3.90. The van der Waals surface area contributed by atoms with Gasteiger partial charge in [-0.1, -0.05) is 5.11 Å². The summed E-state index contributed by atoms with van der Waals surface area (Å²) in [5.41, 5.74) is 8.66. The van der Waals surface area contributed by atoms with Gasteiger partial charge >= 0.3 is 5.97 Å². The highest BCUT2D eigenvalue weighted by Gasteiger charge is 2.51. The quantitative estimate of drug-likeness (QED) is 0.331. The van der Waals surface area contributed by atoms with Crippen LogP contribution in [0.3, 0.4) is 0 Å². The van der Waals surface area contributed by atoms with Crippen LogP contribution in [0.1, 0.15) is 20.3 Å². The molecule has 0 amide bonds. The maximum absolute atomic E-state index is 11.3. The van der Waals surface area contributed by atoms with Crippen LogP contribution in [-0.2, 0) is 23.7 Å². The number of azide groups is 1. The molecule has 4 atom stereocenters. The van der Waals surface area contributed by atoms with Crippen molar-refractivity contribution < 1.29 is 23.7 Å². The normalized spacial score (nSPS) is 36.2. The summed E-state index contributed by atoms with van der Waals surface area (Å²) in [6, 6.07) is -0.558. The van der Waals surface area contributed by atoms with Crippen LogP contribution in [0.4, 0.5) is 0 Å². The Balaban J connectivity index is 2.15. The molecule has 0 aromatic heterocycles. The smallest absolute Gasteiger partial charge is 0.308 e. The van der Waals surface area contributed by atoms with Crippen molar-refractivity contribution in [2.45, 2.75) is 50.4 Å². The van der Waals surface area contributed by atoms with Gasteiger partial charge in [0.25, 0.3) is 0 Å². The zero-order valence-corrected chi connectivity index (χ0v) is 11.1. The van der Waals surface area contributed by atoms with Crippen molar-refractivity contribution in [1.29, 1.82) is 0 Å². The van der Waals surface area contributed by atoms with E-state index in [9.17, 15) is 4.79 Å². The van der Waals surface area contributed by atoms with Crippen molar-refractivity contribution >= 4 is 5.97 Å². The first-order valence-corrected chi connectivity index (χ1v) is 6.05. The van der Waals surface area contributed by atoms with Crippen LogP contribution in [0.5, 0.6) is 0 Å². The van der Waals surface area contributed by atoms with E-state index in [1.807, 2.05) is 0 Å². The van der Waals surface area contributed by atoms with E-state index >= 15 is 0 Å². The zero-order valence-electron chi connectivity index (χ0n) is 11.1. The Morgan fingerprint density at radius 3 is 2.95 bits per heavy atom. The van der Waals surface area contributed by atoms with Gasteiger partial charge in [-0.2, -0.15) is 0 Å². The number of fused-ring (bicyclic) bond motifs is 1. The van der Waals surface area contributed by atoms with Crippen molar-refractivity contribution in [2.24, 2.45) is 5.11 Å². The molecule has 0 aliphatic carbocycles. The molecule has 0 radical (unpaired) electrons. The second-order valence-corrected chi connectivity index (χ2v) is 4.98. The largest absolute Gasteiger partial charge is 0.469 e. The van der Waals surface area contributed by atoms with Crippen molar-refractivity contribution in [3.8, 4) is 0 Å². The van der Waals surface area contributed by atoms with Crippen LogP contribution in [0.2, 0.25) is 0 Å². The minimum absolute atomic E-state index is 0.0248. The fourth-order valence-corrected chi connectivity index (χ4v) is 2.35. The third-order valence-corrected chi connectivity index (χ3v) is 3.23. The van der Waals surface area contributed by atoms with E-state index in [1.165, 1.54) is 7.11 Å². The maximum atomic E-state index is 11.3. The number of carbonyl (C=O) groups is 1. The topological polar surface area (TPSA) is 103 Å². The van der Waals surface area contributed by atoms with E-state index in [4.69, 9.17) is 19.7 Å². The molecule has 106 valence electrons. The van der Waals surface area contributed by atoms with Crippen molar-refractivity contribution in [3.63, 3.8) is 0 Å². The first-order chi connectivity index (χ1) is 8.96. The first-order valence-electron chi connectivity index (χ1n) is 6.05.